The third-order valence-electron chi connectivity index (χ3n) is 2.84. The average molecular weight is 316 g/mol. The lowest BCUT2D eigenvalue weighted by atomic mass is 10.2. The van der Waals surface area contributed by atoms with Gasteiger partial charge in [-0.1, -0.05) is 25.4 Å². The standard InChI is InChI=1S/C14H22ClN3OS/c1-4-6-16-13-12(15)7-10(8-17-13)14(19)18-11(5-2)9-20-3/h7-8,11H,4-6,9H2,1-3H3,(H,16,17)(H,18,19). The number of carbonyl (C=O) groups excluding carboxylic acids is 1. The molecule has 0 fully saturated rings. The molecule has 0 aromatic carbocycles. The molecule has 1 unspecified atom stereocenters. The summed E-state index contributed by atoms with van der Waals surface area (Å²) in [5.74, 6) is 1.41. The summed E-state index contributed by atoms with van der Waals surface area (Å²) in [6.07, 6.45) is 5.49. The van der Waals surface area contributed by atoms with Crippen molar-refractivity contribution in [3.05, 3.63) is 22.8 Å². The van der Waals surface area contributed by atoms with Crippen molar-refractivity contribution in [2.75, 3.05) is 23.9 Å². The van der Waals surface area contributed by atoms with Gasteiger partial charge >= 0.3 is 0 Å². The van der Waals surface area contributed by atoms with Gasteiger partial charge in [0.2, 0.25) is 0 Å². The molecule has 0 aliphatic carbocycles. The number of pyridine rings is 1. The van der Waals surface area contributed by atoms with Crippen LogP contribution in [0.1, 0.15) is 37.0 Å². The van der Waals surface area contributed by atoms with Gasteiger partial charge in [0.25, 0.3) is 5.91 Å². The zero-order valence-electron chi connectivity index (χ0n) is 12.2. The van der Waals surface area contributed by atoms with E-state index in [4.69, 9.17) is 11.6 Å². The largest absolute Gasteiger partial charge is 0.369 e. The fraction of sp³-hybridized carbons (Fsp3) is 0.571. The molecule has 0 spiro atoms. The Kier molecular flexibility index (Phi) is 7.77. The lowest BCUT2D eigenvalue weighted by Crippen LogP contribution is -2.36. The van der Waals surface area contributed by atoms with Gasteiger partial charge in [0.15, 0.2) is 0 Å². The first-order valence-corrected chi connectivity index (χ1v) is 8.58. The number of rotatable bonds is 8. The highest BCUT2D eigenvalue weighted by Crippen LogP contribution is 2.20. The van der Waals surface area contributed by atoms with E-state index in [2.05, 4.69) is 29.5 Å². The Bertz CT molecular complexity index is 442. The summed E-state index contributed by atoms with van der Waals surface area (Å²) in [4.78, 5) is 16.3. The van der Waals surface area contributed by atoms with Crippen LogP contribution in [0.4, 0.5) is 5.82 Å². The second-order valence-corrected chi connectivity index (χ2v) is 5.83. The van der Waals surface area contributed by atoms with Crippen LogP contribution >= 0.6 is 23.4 Å². The van der Waals surface area contributed by atoms with E-state index >= 15 is 0 Å². The fourth-order valence-electron chi connectivity index (χ4n) is 1.67. The minimum Gasteiger partial charge on any atom is -0.369 e. The first-order valence-electron chi connectivity index (χ1n) is 6.81. The molecule has 2 N–H and O–H groups in total. The molecule has 0 saturated heterocycles. The molecule has 1 rings (SSSR count). The van der Waals surface area contributed by atoms with Crippen molar-refractivity contribution in [3.8, 4) is 0 Å². The van der Waals surface area contributed by atoms with E-state index in [9.17, 15) is 4.79 Å². The van der Waals surface area contributed by atoms with Gasteiger partial charge in [-0.05, 0) is 25.2 Å². The second kappa shape index (κ2) is 9.08. The quantitative estimate of drug-likeness (QED) is 0.771. The minimum absolute atomic E-state index is 0.123. The molecule has 0 radical (unpaired) electrons. The van der Waals surface area contributed by atoms with Gasteiger partial charge in [0.05, 0.1) is 10.6 Å². The lowest BCUT2D eigenvalue weighted by Gasteiger charge is -2.16. The molecule has 20 heavy (non-hydrogen) atoms. The van der Waals surface area contributed by atoms with Crippen LogP contribution in [0.15, 0.2) is 12.3 Å². The van der Waals surface area contributed by atoms with Crippen LogP contribution in [0.3, 0.4) is 0 Å². The Morgan fingerprint density at radius 2 is 2.25 bits per heavy atom. The van der Waals surface area contributed by atoms with Gasteiger partial charge in [0.1, 0.15) is 5.82 Å². The van der Waals surface area contributed by atoms with Crippen molar-refractivity contribution in [1.82, 2.24) is 10.3 Å². The Balaban J connectivity index is 2.71. The Hall–Kier alpha value is -0.940. The summed E-state index contributed by atoms with van der Waals surface area (Å²) in [5, 5.41) is 6.59. The summed E-state index contributed by atoms with van der Waals surface area (Å²) in [7, 11) is 0. The van der Waals surface area contributed by atoms with Crippen LogP contribution in [0.5, 0.6) is 0 Å². The average Bonchev–Trinajstić information content (AvgIpc) is 2.45. The molecular weight excluding hydrogens is 294 g/mol. The second-order valence-electron chi connectivity index (χ2n) is 4.52. The van der Waals surface area contributed by atoms with Crippen LogP contribution in [0.2, 0.25) is 5.02 Å². The summed E-state index contributed by atoms with van der Waals surface area (Å²) < 4.78 is 0. The number of nitrogens with one attached hydrogen (secondary N) is 2. The highest BCUT2D eigenvalue weighted by Gasteiger charge is 2.13. The number of hydrogen-bond acceptors (Lipinski definition) is 4. The van der Waals surface area contributed by atoms with Crippen LogP contribution in [-0.4, -0.2) is 35.5 Å². The van der Waals surface area contributed by atoms with Gasteiger partial charge in [-0.3, -0.25) is 4.79 Å². The van der Waals surface area contributed by atoms with E-state index in [0.717, 1.165) is 25.1 Å². The van der Waals surface area contributed by atoms with Crippen LogP contribution in [-0.2, 0) is 0 Å². The number of carbonyl (C=O) groups is 1. The molecular formula is C14H22ClN3OS. The molecule has 0 bridgehead atoms. The van der Waals surface area contributed by atoms with E-state index in [0.29, 0.717) is 16.4 Å². The smallest absolute Gasteiger partial charge is 0.253 e. The van der Waals surface area contributed by atoms with E-state index in [-0.39, 0.29) is 11.9 Å². The van der Waals surface area contributed by atoms with Crippen molar-refractivity contribution in [3.63, 3.8) is 0 Å². The molecule has 0 saturated carbocycles. The van der Waals surface area contributed by atoms with E-state index in [1.165, 1.54) is 0 Å². The molecule has 4 nitrogen and oxygen atoms in total. The van der Waals surface area contributed by atoms with Crippen LogP contribution < -0.4 is 10.6 Å². The summed E-state index contributed by atoms with van der Waals surface area (Å²) >= 11 is 7.85. The maximum Gasteiger partial charge on any atom is 0.253 e. The number of nitrogens with zero attached hydrogens (tertiary/aromatic N) is 1. The van der Waals surface area contributed by atoms with Crippen molar-refractivity contribution in [1.29, 1.82) is 0 Å². The van der Waals surface area contributed by atoms with E-state index in [1.54, 1.807) is 24.0 Å². The van der Waals surface area contributed by atoms with Gasteiger partial charge in [-0.25, -0.2) is 4.98 Å². The number of anilines is 1. The van der Waals surface area contributed by atoms with Gasteiger partial charge < -0.3 is 10.6 Å². The maximum atomic E-state index is 12.1. The summed E-state index contributed by atoms with van der Waals surface area (Å²) in [6, 6.07) is 1.84. The molecule has 6 heteroatoms. The molecule has 1 atom stereocenters. The molecule has 1 aromatic heterocycles. The minimum atomic E-state index is -0.123. The normalized spacial score (nSPS) is 12.0. The van der Waals surface area contributed by atoms with E-state index in [1.807, 2.05) is 6.26 Å². The van der Waals surface area contributed by atoms with Gasteiger partial charge in [0, 0.05) is 24.5 Å². The number of aromatic nitrogens is 1. The monoisotopic (exact) mass is 315 g/mol. The Labute approximate surface area is 130 Å². The number of amides is 1. The fourth-order valence-corrected chi connectivity index (χ4v) is 2.62. The maximum absolute atomic E-state index is 12.1. The predicted molar refractivity (Wildman–Crippen MR) is 88.0 cm³/mol. The first-order chi connectivity index (χ1) is 9.62. The number of thioether (sulfide) groups is 1. The van der Waals surface area contributed by atoms with Crippen molar-refractivity contribution < 1.29 is 4.79 Å². The van der Waals surface area contributed by atoms with Crippen molar-refractivity contribution >= 4 is 35.1 Å². The molecule has 0 aliphatic rings. The SMILES string of the molecule is CCCNc1ncc(C(=O)NC(CC)CSC)cc1Cl. The number of halogens is 1. The zero-order chi connectivity index (χ0) is 15.0. The number of hydrogen-bond donors (Lipinski definition) is 2. The topological polar surface area (TPSA) is 54.0 Å². The highest BCUT2D eigenvalue weighted by molar-refractivity contribution is 7.98. The van der Waals surface area contributed by atoms with Crippen molar-refractivity contribution in [2.45, 2.75) is 32.7 Å². The first kappa shape index (κ1) is 17.1. The van der Waals surface area contributed by atoms with Crippen LogP contribution in [0, 0.1) is 0 Å². The predicted octanol–water partition coefficient (Wildman–Crippen LogP) is 3.43. The molecule has 0 aliphatic heterocycles. The molecule has 1 aromatic rings. The Morgan fingerprint density at radius 1 is 1.50 bits per heavy atom. The van der Waals surface area contributed by atoms with Crippen LogP contribution in [0.25, 0.3) is 0 Å². The van der Waals surface area contributed by atoms with Crippen molar-refractivity contribution in [2.24, 2.45) is 0 Å². The van der Waals surface area contributed by atoms with Gasteiger partial charge in [-0.2, -0.15) is 11.8 Å². The van der Waals surface area contributed by atoms with E-state index < -0.39 is 0 Å². The third kappa shape index (κ3) is 5.21. The van der Waals surface area contributed by atoms with Gasteiger partial charge in [-0.15, -0.1) is 0 Å². The summed E-state index contributed by atoms with van der Waals surface area (Å²) in [5.41, 5.74) is 0.497. The third-order valence-corrected chi connectivity index (χ3v) is 3.87. The molecule has 1 heterocycles. The summed E-state index contributed by atoms with van der Waals surface area (Å²) in [6.45, 7) is 4.94. The molecule has 112 valence electrons. The lowest BCUT2D eigenvalue weighted by molar-refractivity contribution is 0.0939. The zero-order valence-corrected chi connectivity index (χ0v) is 13.8. The Morgan fingerprint density at radius 3 is 2.80 bits per heavy atom. The molecule has 1 amide bonds. The highest BCUT2D eigenvalue weighted by atomic mass is 35.5.